The molecule has 1 aromatic heterocycles. The molecule has 3 aromatic rings. The van der Waals surface area contributed by atoms with Crippen LogP contribution in [0.25, 0.3) is 11.0 Å². The standard InChI is InChI=1S/C22H22N2O6/c1-14-9-21(27)30-19-10-16(7-8-17(14)19)29-13-20(26)24-18(12-25)22(28)23-11-15-5-3-2-4-6-15/h2-10,18,25H,11-13H2,1H3,(H,23,28)(H,24,26). The summed E-state index contributed by atoms with van der Waals surface area (Å²) < 4.78 is 10.6. The monoisotopic (exact) mass is 410 g/mol. The average molecular weight is 410 g/mol. The second-order valence-corrected chi connectivity index (χ2v) is 6.70. The van der Waals surface area contributed by atoms with Crippen LogP contribution in [0, 0.1) is 6.92 Å². The van der Waals surface area contributed by atoms with Crippen molar-refractivity contribution in [3.05, 3.63) is 76.1 Å². The van der Waals surface area contributed by atoms with Crippen molar-refractivity contribution in [1.29, 1.82) is 0 Å². The van der Waals surface area contributed by atoms with E-state index in [2.05, 4.69) is 10.6 Å². The maximum absolute atomic E-state index is 12.2. The van der Waals surface area contributed by atoms with Crippen LogP contribution in [0.5, 0.6) is 5.75 Å². The smallest absolute Gasteiger partial charge is 0.336 e. The minimum atomic E-state index is -1.10. The first-order chi connectivity index (χ1) is 14.5. The Bertz CT molecular complexity index is 1090. The molecular formula is C22H22N2O6. The summed E-state index contributed by atoms with van der Waals surface area (Å²) in [6, 6.07) is 14.5. The first-order valence-electron chi connectivity index (χ1n) is 9.35. The molecule has 0 bridgehead atoms. The van der Waals surface area contributed by atoms with Gasteiger partial charge in [-0.05, 0) is 30.2 Å². The molecule has 0 fully saturated rings. The normalized spacial score (nSPS) is 11.7. The molecule has 3 N–H and O–H groups in total. The summed E-state index contributed by atoms with van der Waals surface area (Å²) in [5.74, 6) is -0.743. The van der Waals surface area contributed by atoms with E-state index in [0.717, 1.165) is 16.5 Å². The highest BCUT2D eigenvalue weighted by Crippen LogP contribution is 2.22. The third-order valence-electron chi connectivity index (χ3n) is 4.44. The Labute approximate surface area is 172 Å². The van der Waals surface area contributed by atoms with Gasteiger partial charge >= 0.3 is 5.63 Å². The molecule has 30 heavy (non-hydrogen) atoms. The minimum absolute atomic E-state index is 0.282. The first kappa shape index (κ1) is 21.1. The second kappa shape index (κ2) is 9.71. The zero-order valence-corrected chi connectivity index (χ0v) is 16.4. The molecule has 156 valence electrons. The number of benzene rings is 2. The molecular weight excluding hydrogens is 388 g/mol. The SMILES string of the molecule is Cc1cc(=O)oc2cc(OCC(=O)NC(CO)C(=O)NCc3ccccc3)ccc12. The summed E-state index contributed by atoms with van der Waals surface area (Å²) in [5, 5.41) is 15.3. The van der Waals surface area contributed by atoms with Crippen molar-refractivity contribution in [1.82, 2.24) is 10.6 Å². The van der Waals surface area contributed by atoms with Crippen LogP contribution in [-0.2, 0) is 16.1 Å². The molecule has 0 spiro atoms. The van der Waals surface area contributed by atoms with E-state index in [4.69, 9.17) is 9.15 Å². The Morgan fingerprint density at radius 2 is 1.90 bits per heavy atom. The van der Waals surface area contributed by atoms with Crippen molar-refractivity contribution in [2.45, 2.75) is 19.5 Å². The van der Waals surface area contributed by atoms with E-state index < -0.39 is 30.1 Å². The van der Waals surface area contributed by atoms with Gasteiger partial charge in [-0.15, -0.1) is 0 Å². The third kappa shape index (κ3) is 5.45. The highest BCUT2D eigenvalue weighted by atomic mass is 16.5. The number of amides is 2. The van der Waals surface area contributed by atoms with E-state index in [9.17, 15) is 19.5 Å². The fraction of sp³-hybridized carbons (Fsp3) is 0.227. The quantitative estimate of drug-likeness (QED) is 0.482. The summed E-state index contributed by atoms with van der Waals surface area (Å²) in [4.78, 5) is 35.8. The van der Waals surface area contributed by atoms with Gasteiger partial charge < -0.3 is 24.9 Å². The van der Waals surface area contributed by atoms with Crippen LogP contribution < -0.4 is 21.0 Å². The number of hydrogen-bond acceptors (Lipinski definition) is 6. The van der Waals surface area contributed by atoms with Crippen LogP contribution >= 0.6 is 0 Å². The molecule has 2 amide bonds. The average Bonchev–Trinajstić information content (AvgIpc) is 2.74. The molecule has 8 nitrogen and oxygen atoms in total. The van der Waals surface area contributed by atoms with Gasteiger partial charge in [0.05, 0.1) is 6.61 Å². The maximum Gasteiger partial charge on any atom is 0.336 e. The predicted molar refractivity (Wildman–Crippen MR) is 110 cm³/mol. The van der Waals surface area contributed by atoms with E-state index >= 15 is 0 Å². The number of carbonyl (C=O) groups excluding carboxylic acids is 2. The number of aryl methyl sites for hydroxylation is 1. The van der Waals surface area contributed by atoms with Gasteiger partial charge in [-0.1, -0.05) is 30.3 Å². The lowest BCUT2D eigenvalue weighted by Crippen LogP contribution is -2.49. The van der Waals surface area contributed by atoms with Crippen LogP contribution in [0.4, 0.5) is 0 Å². The Hall–Kier alpha value is -3.65. The highest BCUT2D eigenvalue weighted by molar-refractivity contribution is 5.88. The van der Waals surface area contributed by atoms with Crippen LogP contribution in [-0.4, -0.2) is 36.2 Å². The van der Waals surface area contributed by atoms with Crippen molar-refractivity contribution < 1.29 is 23.8 Å². The van der Waals surface area contributed by atoms with Gasteiger partial charge in [0.1, 0.15) is 17.4 Å². The summed E-state index contributed by atoms with van der Waals surface area (Å²) in [6.07, 6.45) is 0. The lowest BCUT2D eigenvalue weighted by molar-refractivity contribution is -0.131. The maximum atomic E-state index is 12.2. The summed E-state index contributed by atoms with van der Waals surface area (Å²) in [7, 11) is 0. The molecule has 1 unspecified atom stereocenters. The third-order valence-corrected chi connectivity index (χ3v) is 4.44. The molecule has 0 aliphatic heterocycles. The largest absolute Gasteiger partial charge is 0.484 e. The van der Waals surface area contributed by atoms with Crippen molar-refractivity contribution >= 4 is 22.8 Å². The number of hydrogen-bond donors (Lipinski definition) is 3. The lowest BCUT2D eigenvalue weighted by Gasteiger charge is -2.16. The van der Waals surface area contributed by atoms with Crippen LogP contribution in [0.1, 0.15) is 11.1 Å². The fourth-order valence-electron chi connectivity index (χ4n) is 2.88. The van der Waals surface area contributed by atoms with Crippen molar-refractivity contribution in [2.75, 3.05) is 13.2 Å². The van der Waals surface area contributed by atoms with Crippen molar-refractivity contribution in [3.8, 4) is 5.75 Å². The van der Waals surface area contributed by atoms with Crippen molar-refractivity contribution in [2.24, 2.45) is 0 Å². The van der Waals surface area contributed by atoms with E-state index in [1.165, 1.54) is 12.1 Å². The van der Waals surface area contributed by atoms with Crippen LogP contribution in [0.2, 0.25) is 0 Å². The zero-order valence-electron chi connectivity index (χ0n) is 16.4. The van der Waals surface area contributed by atoms with Gasteiger partial charge in [0.25, 0.3) is 5.91 Å². The number of fused-ring (bicyclic) bond motifs is 1. The van der Waals surface area contributed by atoms with Crippen LogP contribution in [0.3, 0.4) is 0 Å². The summed E-state index contributed by atoms with van der Waals surface area (Å²) >= 11 is 0. The number of rotatable bonds is 8. The molecule has 2 aromatic carbocycles. The van der Waals surface area contributed by atoms with Gasteiger partial charge in [0.15, 0.2) is 6.61 Å². The molecule has 0 aliphatic rings. The Morgan fingerprint density at radius 1 is 1.13 bits per heavy atom. The summed E-state index contributed by atoms with van der Waals surface area (Å²) in [5.41, 5.74) is 1.56. The molecule has 0 saturated heterocycles. The number of aliphatic hydroxyl groups is 1. The number of carbonyl (C=O) groups is 2. The second-order valence-electron chi connectivity index (χ2n) is 6.70. The Balaban J connectivity index is 1.54. The topological polar surface area (TPSA) is 118 Å². The zero-order chi connectivity index (χ0) is 21.5. The van der Waals surface area contributed by atoms with E-state index in [1.807, 2.05) is 30.3 Å². The van der Waals surface area contributed by atoms with Crippen molar-refractivity contribution in [3.63, 3.8) is 0 Å². The molecule has 3 rings (SSSR count). The Kier molecular flexibility index (Phi) is 6.82. The predicted octanol–water partition coefficient (Wildman–Crippen LogP) is 1.27. The number of nitrogens with one attached hydrogen (secondary N) is 2. The fourth-order valence-corrected chi connectivity index (χ4v) is 2.88. The van der Waals surface area contributed by atoms with Gasteiger partial charge in [-0.3, -0.25) is 9.59 Å². The molecule has 1 atom stereocenters. The highest BCUT2D eigenvalue weighted by Gasteiger charge is 2.20. The van der Waals surface area contributed by atoms with Gasteiger partial charge in [0, 0.05) is 24.1 Å². The molecule has 0 aliphatic carbocycles. The van der Waals surface area contributed by atoms with Gasteiger partial charge in [-0.25, -0.2) is 4.79 Å². The molecule has 0 saturated carbocycles. The minimum Gasteiger partial charge on any atom is -0.484 e. The summed E-state index contributed by atoms with van der Waals surface area (Å²) in [6.45, 7) is 1.16. The van der Waals surface area contributed by atoms with Crippen LogP contribution in [0.15, 0.2) is 63.8 Å². The number of aliphatic hydroxyl groups excluding tert-OH is 1. The molecule has 0 radical (unpaired) electrons. The molecule has 8 heteroatoms. The Morgan fingerprint density at radius 3 is 2.63 bits per heavy atom. The number of ether oxygens (including phenoxy) is 1. The van der Waals surface area contributed by atoms with E-state index in [1.54, 1.807) is 19.1 Å². The van der Waals surface area contributed by atoms with E-state index in [-0.39, 0.29) is 13.2 Å². The van der Waals surface area contributed by atoms with E-state index in [0.29, 0.717) is 11.3 Å². The lowest BCUT2D eigenvalue weighted by atomic mass is 10.1. The molecule has 1 heterocycles. The first-order valence-corrected chi connectivity index (χ1v) is 9.35. The van der Waals surface area contributed by atoms with Gasteiger partial charge in [-0.2, -0.15) is 0 Å². The van der Waals surface area contributed by atoms with Gasteiger partial charge in [0.2, 0.25) is 5.91 Å².